The van der Waals surface area contributed by atoms with Gasteiger partial charge in [-0.3, -0.25) is 14.2 Å². The van der Waals surface area contributed by atoms with Gasteiger partial charge in [0.05, 0.1) is 14.2 Å². The van der Waals surface area contributed by atoms with E-state index in [9.17, 15) is 14.7 Å². The van der Waals surface area contributed by atoms with Gasteiger partial charge in [0.15, 0.2) is 5.56 Å². The second-order valence-corrected chi connectivity index (χ2v) is 9.15. The van der Waals surface area contributed by atoms with Crippen LogP contribution in [0.4, 0.5) is 0 Å². The van der Waals surface area contributed by atoms with Crippen LogP contribution in [0.1, 0.15) is 53.8 Å². The minimum absolute atomic E-state index is 0.0399. The number of carbonyl (C=O) groups is 1. The van der Waals surface area contributed by atoms with Crippen molar-refractivity contribution in [2.75, 3.05) is 27.3 Å². The number of nitrogens with zero attached hydrogens (tertiary/aromatic N) is 3. The molecule has 4 rings (SSSR count). The number of amides is 1. The number of methoxy groups -OCH3 is 2. The molecule has 3 aromatic rings. The van der Waals surface area contributed by atoms with Gasteiger partial charge in [0.25, 0.3) is 11.5 Å². The Labute approximate surface area is 215 Å². The number of aryl methyl sites for hydroxylation is 1. The van der Waals surface area contributed by atoms with Crippen molar-refractivity contribution in [1.29, 1.82) is 0 Å². The van der Waals surface area contributed by atoms with E-state index in [1.807, 2.05) is 31.2 Å². The highest BCUT2D eigenvalue weighted by Gasteiger charge is 2.34. The van der Waals surface area contributed by atoms with Crippen LogP contribution < -0.4 is 15.0 Å². The van der Waals surface area contributed by atoms with Gasteiger partial charge in [0.2, 0.25) is 5.88 Å². The highest BCUT2D eigenvalue weighted by molar-refractivity contribution is 6.31. The molecule has 2 heterocycles. The fourth-order valence-corrected chi connectivity index (χ4v) is 4.98. The van der Waals surface area contributed by atoms with E-state index >= 15 is 0 Å². The minimum atomic E-state index is -0.755. The maximum atomic E-state index is 13.6. The molecule has 1 aromatic heterocycles. The van der Waals surface area contributed by atoms with Crippen molar-refractivity contribution >= 4 is 17.5 Å². The lowest BCUT2D eigenvalue weighted by Crippen LogP contribution is -2.35. The Hall–Kier alpha value is -3.52. The number of carbonyl (C=O) groups excluding carboxylic acids is 1. The molecule has 0 radical (unpaired) electrons. The van der Waals surface area contributed by atoms with E-state index < -0.39 is 17.3 Å². The summed E-state index contributed by atoms with van der Waals surface area (Å²) >= 11 is 6.37. The first kappa shape index (κ1) is 25.6. The molecule has 190 valence electrons. The second kappa shape index (κ2) is 11.0. The number of hydrogen-bond acceptors (Lipinski definition) is 6. The standard InChI is InChI=1S/C27H30ClN3O5/c1-4-5-13-22-29-25(32)23(27(34)31(22)24-20(35-2)11-8-12-21(24)36-3)26(33)30-15-14-17(16-30)18-9-6-7-10-19(18)28/h6-12,17,34H,4-5,13-16H2,1-3H3. The molecular weight excluding hydrogens is 482 g/mol. The summed E-state index contributed by atoms with van der Waals surface area (Å²) in [4.78, 5) is 32.5. The molecule has 1 amide bonds. The average Bonchev–Trinajstić information content (AvgIpc) is 3.37. The van der Waals surface area contributed by atoms with Gasteiger partial charge in [-0.15, -0.1) is 0 Å². The quantitative estimate of drug-likeness (QED) is 0.475. The fraction of sp³-hybridized carbons (Fsp3) is 0.370. The van der Waals surface area contributed by atoms with Gasteiger partial charge in [-0.2, -0.15) is 4.98 Å². The fourth-order valence-electron chi connectivity index (χ4n) is 4.69. The molecule has 1 aliphatic heterocycles. The van der Waals surface area contributed by atoms with Crippen molar-refractivity contribution in [3.8, 4) is 23.1 Å². The van der Waals surface area contributed by atoms with E-state index in [1.165, 1.54) is 18.8 Å². The maximum Gasteiger partial charge on any atom is 0.289 e. The second-order valence-electron chi connectivity index (χ2n) is 8.74. The lowest BCUT2D eigenvalue weighted by Gasteiger charge is -2.22. The number of hydrogen-bond donors (Lipinski definition) is 1. The smallest absolute Gasteiger partial charge is 0.289 e. The molecule has 0 saturated carbocycles. The Balaban J connectivity index is 1.80. The number of benzene rings is 2. The zero-order valence-corrected chi connectivity index (χ0v) is 21.4. The van der Waals surface area contributed by atoms with Crippen molar-refractivity contribution in [3.05, 3.63) is 74.8 Å². The van der Waals surface area contributed by atoms with E-state index in [0.717, 1.165) is 18.4 Å². The monoisotopic (exact) mass is 511 g/mol. The third-order valence-electron chi connectivity index (χ3n) is 6.55. The topological polar surface area (TPSA) is 93.9 Å². The largest absolute Gasteiger partial charge is 0.494 e. The SMILES string of the molecule is CCCCc1nc(=O)c(C(=O)N2CCC(c3ccccc3Cl)C2)c(O)n1-c1c(OC)cccc1OC. The predicted octanol–water partition coefficient (Wildman–Crippen LogP) is 4.58. The van der Waals surface area contributed by atoms with Crippen LogP contribution in [0.25, 0.3) is 5.69 Å². The highest BCUT2D eigenvalue weighted by atomic mass is 35.5. The third-order valence-corrected chi connectivity index (χ3v) is 6.90. The average molecular weight is 512 g/mol. The first-order valence-electron chi connectivity index (χ1n) is 12.0. The number of unbranched alkanes of at least 4 members (excludes halogenated alkanes) is 1. The van der Waals surface area contributed by atoms with E-state index in [1.54, 1.807) is 23.1 Å². The van der Waals surface area contributed by atoms with Gasteiger partial charge in [0, 0.05) is 30.5 Å². The number of likely N-dealkylation sites (tertiary alicyclic amines) is 1. The lowest BCUT2D eigenvalue weighted by atomic mass is 9.98. The summed E-state index contributed by atoms with van der Waals surface area (Å²) in [6, 6.07) is 12.7. The molecular formula is C27H30ClN3O5. The number of ether oxygens (including phenoxy) is 2. The number of aromatic nitrogens is 2. The number of aromatic hydroxyl groups is 1. The van der Waals surface area contributed by atoms with Gasteiger partial charge < -0.3 is 19.5 Å². The summed E-state index contributed by atoms with van der Waals surface area (Å²) in [5.74, 6) is 0.142. The molecule has 1 atom stereocenters. The molecule has 0 aliphatic carbocycles. The van der Waals surface area contributed by atoms with Crippen molar-refractivity contribution < 1.29 is 19.4 Å². The molecule has 0 spiro atoms. The summed E-state index contributed by atoms with van der Waals surface area (Å²) in [7, 11) is 3.00. The van der Waals surface area contributed by atoms with Crippen LogP contribution in [0.5, 0.6) is 17.4 Å². The van der Waals surface area contributed by atoms with Crippen molar-refractivity contribution in [1.82, 2.24) is 14.5 Å². The summed E-state index contributed by atoms with van der Waals surface area (Å²) in [6.07, 6.45) is 2.72. The molecule has 1 fully saturated rings. The summed E-state index contributed by atoms with van der Waals surface area (Å²) in [5.41, 5.74) is 0.212. The summed E-state index contributed by atoms with van der Waals surface area (Å²) in [6.45, 7) is 2.84. The molecule has 2 aromatic carbocycles. The van der Waals surface area contributed by atoms with Crippen LogP contribution in [0.15, 0.2) is 47.3 Å². The normalized spacial score (nSPS) is 15.2. The molecule has 8 nitrogen and oxygen atoms in total. The Morgan fingerprint density at radius 2 is 1.83 bits per heavy atom. The van der Waals surface area contributed by atoms with Gasteiger partial charge >= 0.3 is 0 Å². The van der Waals surface area contributed by atoms with Gasteiger partial charge in [0.1, 0.15) is 23.0 Å². The van der Waals surface area contributed by atoms with Crippen LogP contribution in [0, 0.1) is 0 Å². The summed E-state index contributed by atoms with van der Waals surface area (Å²) in [5, 5.41) is 12.1. The molecule has 0 bridgehead atoms. The first-order valence-corrected chi connectivity index (χ1v) is 12.4. The molecule has 1 aliphatic rings. The Morgan fingerprint density at radius 3 is 2.47 bits per heavy atom. The molecule has 1 unspecified atom stereocenters. The number of para-hydroxylation sites is 1. The van der Waals surface area contributed by atoms with Crippen LogP contribution in [-0.2, 0) is 6.42 Å². The summed E-state index contributed by atoms with van der Waals surface area (Å²) < 4.78 is 12.5. The maximum absolute atomic E-state index is 13.6. The van der Waals surface area contributed by atoms with Crippen molar-refractivity contribution in [2.45, 2.75) is 38.5 Å². The van der Waals surface area contributed by atoms with E-state index in [4.69, 9.17) is 21.1 Å². The van der Waals surface area contributed by atoms with Crippen LogP contribution >= 0.6 is 11.6 Å². The van der Waals surface area contributed by atoms with E-state index in [-0.39, 0.29) is 11.5 Å². The van der Waals surface area contributed by atoms with Crippen LogP contribution in [0.3, 0.4) is 0 Å². The molecule has 1 saturated heterocycles. The Bertz CT molecular complexity index is 1300. The molecule has 9 heteroatoms. The highest BCUT2D eigenvalue weighted by Crippen LogP contribution is 2.37. The lowest BCUT2D eigenvalue weighted by molar-refractivity contribution is 0.0784. The first-order chi connectivity index (χ1) is 17.4. The van der Waals surface area contributed by atoms with Crippen LogP contribution in [-0.4, -0.2) is 52.8 Å². The van der Waals surface area contributed by atoms with Crippen molar-refractivity contribution in [3.63, 3.8) is 0 Å². The number of rotatable bonds is 8. The van der Waals surface area contributed by atoms with Crippen LogP contribution in [0.2, 0.25) is 5.02 Å². The predicted molar refractivity (Wildman–Crippen MR) is 138 cm³/mol. The van der Waals surface area contributed by atoms with Crippen molar-refractivity contribution in [2.24, 2.45) is 0 Å². The molecule has 1 N–H and O–H groups in total. The Morgan fingerprint density at radius 1 is 1.14 bits per heavy atom. The zero-order chi connectivity index (χ0) is 25.8. The third kappa shape index (κ3) is 4.78. The van der Waals surface area contributed by atoms with Gasteiger partial charge in [-0.25, -0.2) is 0 Å². The van der Waals surface area contributed by atoms with Gasteiger partial charge in [-0.05, 0) is 36.6 Å². The number of halogens is 1. The zero-order valence-electron chi connectivity index (χ0n) is 20.7. The minimum Gasteiger partial charge on any atom is -0.494 e. The Kier molecular flexibility index (Phi) is 7.84. The van der Waals surface area contributed by atoms with E-state index in [0.29, 0.717) is 54.0 Å². The molecule has 36 heavy (non-hydrogen) atoms. The van der Waals surface area contributed by atoms with E-state index in [2.05, 4.69) is 4.98 Å². The van der Waals surface area contributed by atoms with Gasteiger partial charge in [-0.1, -0.05) is 49.2 Å².